The number of halogens is 3. The second-order valence-electron chi connectivity index (χ2n) is 8.29. The Labute approximate surface area is 203 Å². The van der Waals surface area contributed by atoms with Crippen molar-refractivity contribution < 1.29 is 9.59 Å². The number of hydrogen-bond donors (Lipinski definition) is 1. The van der Waals surface area contributed by atoms with Gasteiger partial charge in [0.1, 0.15) is 6.04 Å². The molecule has 0 aliphatic rings. The third-order valence-electron chi connectivity index (χ3n) is 4.43. The summed E-state index contributed by atoms with van der Waals surface area (Å²) in [4.78, 5) is 27.5. The average molecular weight is 502 g/mol. The molecule has 8 heteroatoms. The Morgan fingerprint density at radius 3 is 2.23 bits per heavy atom. The molecule has 0 saturated carbocycles. The highest BCUT2D eigenvalue weighted by atomic mass is 35.5. The monoisotopic (exact) mass is 500 g/mol. The Morgan fingerprint density at radius 2 is 1.65 bits per heavy atom. The quantitative estimate of drug-likeness (QED) is 0.468. The molecule has 0 aliphatic carbocycles. The van der Waals surface area contributed by atoms with Crippen molar-refractivity contribution in [2.45, 2.75) is 51.6 Å². The number of nitrogens with one attached hydrogen (secondary N) is 1. The van der Waals surface area contributed by atoms with Crippen LogP contribution in [0.1, 0.15) is 38.8 Å². The topological polar surface area (TPSA) is 49.4 Å². The van der Waals surface area contributed by atoms with Crippen molar-refractivity contribution in [3.63, 3.8) is 0 Å². The average Bonchev–Trinajstić information content (AvgIpc) is 2.67. The van der Waals surface area contributed by atoms with Gasteiger partial charge in [0.05, 0.1) is 5.75 Å². The lowest BCUT2D eigenvalue weighted by molar-refractivity contribution is -0.139. The molecular weight excluding hydrogens is 475 g/mol. The molecule has 2 amide bonds. The molecule has 2 aromatic carbocycles. The highest BCUT2D eigenvalue weighted by molar-refractivity contribution is 7.99. The van der Waals surface area contributed by atoms with Gasteiger partial charge in [-0.3, -0.25) is 9.59 Å². The van der Waals surface area contributed by atoms with Crippen molar-refractivity contribution in [2.75, 3.05) is 5.75 Å². The molecule has 1 atom stereocenters. The molecule has 1 unspecified atom stereocenters. The van der Waals surface area contributed by atoms with E-state index in [1.807, 2.05) is 39.0 Å². The Bertz CT molecular complexity index is 914. The minimum Gasteiger partial charge on any atom is -0.350 e. The van der Waals surface area contributed by atoms with Gasteiger partial charge in [-0.15, -0.1) is 11.8 Å². The van der Waals surface area contributed by atoms with E-state index in [0.717, 1.165) is 11.1 Å². The maximum Gasteiger partial charge on any atom is 0.242 e. The Balaban J connectivity index is 2.10. The van der Waals surface area contributed by atoms with Crippen molar-refractivity contribution in [1.29, 1.82) is 0 Å². The van der Waals surface area contributed by atoms with Crippen molar-refractivity contribution in [1.82, 2.24) is 10.2 Å². The van der Waals surface area contributed by atoms with Gasteiger partial charge in [0.2, 0.25) is 11.8 Å². The lowest BCUT2D eigenvalue weighted by Crippen LogP contribution is -2.52. The van der Waals surface area contributed by atoms with Gasteiger partial charge in [-0.25, -0.2) is 0 Å². The molecule has 31 heavy (non-hydrogen) atoms. The summed E-state index contributed by atoms with van der Waals surface area (Å²) in [5, 5.41) is 4.72. The number of rotatable bonds is 8. The summed E-state index contributed by atoms with van der Waals surface area (Å²) in [5.41, 5.74) is 1.42. The highest BCUT2D eigenvalue weighted by Gasteiger charge is 2.28. The zero-order valence-corrected chi connectivity index (χ0v) is 21.1. The third kappa shape index (κ3) is 8.57. The van der Waals surface area contributed by atoms with Crippen LogP contribution >= 0.6 is 46.6 Å². The van der Waals surface area contributed by atoms with Crippen LogP contribution in [0, 0.1) is 0 Å². The number of amides is 2. The lowest BCUT2D eigenvalue weighted by Gasteiger charge is -2.31. The van der Waals surface area contributed by atoms with Gasteiger partial charge in [0, 0.05) is 32.9 Å². The van der Waals surface area contributed by atoms with Crippen molar-refractivity contribution in [3.8, 4) is 0 Å². The number of thioether (sulfide) groups is 1. The van der Waals surface area contributed by atoms with Gasteiger partial charge in [0.25, 0.3) is 0 Å². The van der Waals surface area contributed by atoms with Crippen LogP contribution < -0.4 is 5.32 Å². The fourth-order valence-corrected chi connectivity index (χ4v) is 4.41. The molecule has 2 aromatic rings. The van der Waals surface area contributed by atoms with E-state index in [1.165, 1.54) is 11.8 Å². The fraction of sp³-hybridized carbons (Fsp3) is 0.391. The number of benzene rings is 2. The first kappa shape index (κ1) is 25.9. The third-order valence-corrected chi connectivity index (χ3v) is 6.24. The zero-order valence-electron chi connectivity index (χ0n) is 18.0. The van der Waals surface area contributed by atoms with Crippen LogP contribution in [0.5, 0.6) is 0 Å². The van der Waals surface area contributed by atoms with E-state index in [4.69, 9.17) is 34.8 Å². The molecule has 0 aromatic heterocycles. The second kappa shape index (κ2) is 11.5. The van der Waals surface area contributed by atoms with E-state index in [1.54, 1.807) is 36.1 Å². The predicted octanol–water partition coefficient (Wildman–Crippen LogP) is 6.21. The standard InChI is InChI=1S/C23H27Cl3N2O2S/c1-15(22(30)27-23(2,3)4)28(12-16-5-8-18(24)9-6-16)21(29)14-31-13-17-7-10-19(25)11-20(17)26/h5-11,15H,12-14H2,1-4H3,(H,27,30). The zero-order chi connectivity index (χ0) is 23.2. The minimum atomic E-state index is -0.623. The summed E-state index contributed by atoms with van der Waals surface area (Å²) in [7, 11) is 0. The van der Waals surface area contributed by atoms with Gasteiger partial charge in [0.15, 0.2) is 0 Å². The molecule has 0 saturated heterocycles. The van der Waals surface area contributed by atoms with Crippen LogP contribution in [-0.2, 0) is 21.9 Å². The molecule has 0 spiro atoms. The largest absolute Gasteiger partial charge is 0.350 e. The molecular formula is C23H27Cl3N2O2S. The molecule has 0 aliphatic heterocycles. The first-order chi connectivity index (χ1) is 14.5. The van der Waals surface area contributed by atoms with Crippen LogP contribution in [0.15, 0.2) is 42.5 Å². The maximum atomic E-state index is 13.1. The minimum absolute atomic E-state index is 0.124. The Morgan fingerprint density at radius 1 is 1.03 bits per heavy atom. The molecule has 168 valence electrons. The van der Waals surface area contributed by atoms with E-state index in [2.05, 4.69) is 5.32 Å². The second-order valence-corrected chi connectivity index (χ2v) is 10.6. The molecule has 2 rings (SSSR count). The number of nitrogens with zero attached hydrogens (tertiary/aromatic N) is 1. The van der Waals surface area contributed by atoms with E-state index in [0.29, 0.717) is 27.4 Å². The smallest absolute Gasteiger partial charge is 0.242 e. The molecule has 0 radical (unpaired) electrons. The van der Waals surface area contributed by atoms with Crippen LogP contribution in [0.2, 0.25) is 15.1 Å². The fourth-order valence-electron chi connectivity index (χ4n) is 2.81. The SMILES string of the molecule is CC(C(=O)NC(C)(C)C)N(Cc1ccc(Cl)cc1)C(=O)CSCc1ccc(Cl)cc1Cl. The molecule has 0 fully saturated rings. The molecule has 4 nitrogen and oxygen atoms in total. The van der Waals surface area contributed by atoms with Crippen molar-refractivity contribution >= 4 is 58.4 Å². The van der Waals surface area contributed by atoms with E-state index < -0.39 is 6.04 Å². The van der Waals surface area contributed by atoms with Gasteiger partial charge in [-0.05, 0) is 63.1 Å². The summed E-state index contributed by atoms with van der Waals surface area (Å²) in [6.45, 7) is 7.80. The predicted molar refractivity (Wildman–Crippen MR) is 132 cm³/mol. The summed E-state index contributed by atoms with van der Waals surface area (Å²) < 4.78 is 0. The maximum absolute atomic E-state index is 13.1. The number of carbonyl (C=O) groups is 2. The van der Waals surface area contributed by atoms with Crippen molar-refractivity contribution in [3.05, 3.63) is 68.7 Å². The summed E-state index contributed by atoms with van der Waals surface area (Å²) >= 11 is 19.6. The van der Waals surface area contributed by atoms with Gasteiger partial charge < -0.3 is 10.2 Å². The lowest BCUT2D eigenvalue weighted by atomic mass is 10.1. The first-order valence-electron chi connectivity index (χ1n) is 9.84. The van der Waals surface area contributed by atoms with Crippen LogP contribution in [-0.4, -0.2) is 34.0 Å². The Hall–Kier alpha value is -1.40. The van der Waals surface area contributed by atoms with Crippen LogP contribution in [0.4, 0.5) is 0 Å². The summed E-state index contributed by atoms with van der Waals surface area (Å²) in [6.07, 6.45) is 0. The first-order valence-corrected chi connectivity index (χ1v) is 12.1. The van der Waals surface area contributed by atoms with E-state index in [-0.39, 0.29) is 23.1 Å². The highest BCUT2D eigenvalue weighted by Crippen LogP contribution is 2.25. The van der Waals surface area contributed by atoms with Gasteiger partial charge in [-0.1, -0.05) is 53.0 Å². The van der Waals surface area contributed by atoms with Crippen LogP contribution in [0.3, 0.4) is 0 Å². The van der Waals surface area contributed by atoms with Crippen molar-refractivity contribution in [2.24, 2.45) is 0 Å². The normalized spacial score (nSPS) is 12.4. The van der Waals surface area contributed by atoms with Gasteiger partial charge in [-0.2, -0.15) is 0 Å². The number of hydrogen-bond acceptors (Lipinski definition) is 3. The van der Waals surface area contributed by atoms with Gasteiger partial charge >= 0.3 is 0 Å². The summed E-state index contributed by atoms with van der Waals surface area (Å²) in [6, 6.07) is 12.0. The van der Waals surface area contributed by atoms with E-state index in [9.17, 15) is 9.59 Å². The molecule has 1 N–H and O–H groups in total. The van der Waals surface area contributed by atoms with E-state index >= 15 is 0 Å². The Kier molecular flexibility index (Phi) is 9.56. The van der Waals surface area contributed by atoms with Crippen LogP contribution in [0.25, 0.3) is 0 Å². The number of carbonyl (C=O) groups excluding carboxylic acids is 2. The molecule has 0 bridgehead atoms. The molecule has 0 heterocycles. The summed E-state index contributed by atoms with van der Waals surface area (Å²) in [5.74, 6) is 0.473.